The molecule has 20 heavy (non-hydrogen) atoms. The van der Waals surface area contributed by atoms with Gasteiger partial charge in [-0.15, -0.1) is 0 Å². The lowest BCUT2D eigenvalue weighted by molar-refractivity contribution is 0.0873. The van der Waals surface area contributed by atoms with E-state index < -0.39 is 0 Å². The van der Waals surface area contributed by atoms with Gasteiger partial charge in [-0.2, -0.15) is 0 Å². The Bertz CT molecular complexity index is 498. The summed E-state index contributed by atoms with van der Waals surface area (Å²) in [5.41, 5.74) is 0.431. The highest BCUT2D eigenvalue weighted by Gasteiger charge is 2.38. The quantitative estimate of drug-likeness (QED) is 0.825. The van der Waals surface area contributed by atoms with Crippen molar-refractivity contribution in [1.29, 1.82) is 0 Å². The first-order valence-corrected chi connectivity index (χ1v) is 7.27. The van der Waals surface area contributed by atoms with Crippen molar-refractivity contribution in [2.45, 2.75) is 57.7 Å². The van der Waals surface area contributed by atoms with Crippen LogP contribution in [0.4, 0.5) is 0 Å². The lowest BCUT2D eigenvalue weighted by Gasteiger charge is -2.46. The Morgan fingerprint density at radius 2 is 1.95 bits per heavy atom. The Morgan fingerprint density at radius 1 is 1.35 bits per heavy atom. The molecule has 2 heterocycles. The smallest absolute Gasteiger partial charge is 0.254 e. The van der Waals surface area contributed by atoms with Crippen LogP contribution in [0.3, 0.4) is 0 Å². The van der Waals surface area contributed by atoms with E-state index in [0.717, 1.165) is 12.8 Å². The van der Waals surface area contributed by atoms with Gasteiger partial charge in [-0.25, -0.2) is 4.98 Å². The predicted molar refractivity (Wildman–Crippen MR) is 81.0 cm³/mol. The Morgan fingerprint density at radius 3 is 2.50 bits per heavy atom. The normalized spacial score (nSPS) is 21.4. The molecule has 1 aliphatic rings. The zero-order valence-electron chi connectivity index (χ0n) is 12.5. The molecule has 2 rings (SSSR count). The minimum atomic E-state index is -0.151. The molecule has 4 nitrogen and oxygen atoms in total. The van der Waals surface area contributed by atoms with E-state index in [-0.39, 0.29) is 28.2 Å². The molecule has 1 saturated heterocycles. The highest BCUT2D eigenvalue weighted by atomic mass is 35.5. The van der Waals surface area contributed by atoms with Gasteiger partial charge in [0.2, 0.25) is 0 Å². The number of hydrogen-bond acceptors (Lipinski definition) is 3. The van der Waals surface area contributed by atoms with Gasteiger partial charge >= 0.3 is 0 Å². The van der Waals surface area contributed by atoms with Gasteiger partial charge in [0.1, 0.15) is 5.15 Å². The number of nitrogens with zero attached hydrogens (tertiary/aromatic N) is 1. The number of hydrogen-bond donors (Lipinski definition) is 2. The molecule has 1 fully saturated rings. The zero-order chi connectivity index (χ0) is 15.0. The van der Waals surface area contributed by atoms with E-state index in [9.17, 15) is 4.79 Å². The van der Waals surface area contributed by atoms with E-state index in [2.05, 4.69) is 43.3 Å². The van der Waals surface area contributed by atoms with Crippen LogP contribution in [0.1, 0.15) is 50.9 Å². The van der Waals surface area contributed by atoms with Gasteiger partial charge in [-0.1, -0.05) is 11.6 Å². The second kappa shape index (κ2) is 5.34. The number of carbonyl (C=O) groups excluding carboxylic acids is 1. The molecule has 110 valence electrons. The average Bonchev–Trinajstić information content (AvgIpc) is 2.24. The van der Waals surface area contributed by atoms with E-state index in [1.165, 1.54) is 0 Å². The summed E-state index contributed by atoms with van der Waals surface area (Å²) < 4.78 is 0. The molecule has 2 N–H and O–H groups in total. The van der Waals surface area contributed by atoms with Crippen molar-refractivity contribution < 1.29 is 4.79 Å². The molecule has 1 aromatic heterocycles. The van der Waals surface area contributed by atoms with Gasteiger partial charge in [0.15, 0.2) is 0 Å². The van der Waals surface area contributed by atoms with E-state index >= 15 is 0 Å². The highest BCUT2D eigenvalue weighted by Crippen LogP contribution is 2.28. The fourth-order valence-electron chi connectivity index (χ4n) is 3.24. The second-order valence-corrected chi connectivity index (χ2v) is 7.17. The van der Waals surface area contributed by atoms with Crippen molar-refractivity contribution in [2.75, 3.05) is 0 Å². The standard InChI is InChI=1S/C15H22ClN3O/c1-14(2)8-10(9-15(3,4)19-14)18-13(20)11-6-5-7-17-12(11)16/h5-7,10,19H,8-9H2,1-4H3,(H,18,20). The first-order chi connectivity index (χ1) is 9.19. The summed E-state index contributed by atoms with van der Waals surface area (Å²) in [6.07, 6.45) is 3.36. The largest absolute Gasteiger partial charge is 0.349 e. The van der Waals surface area contributed by atoms with Crippen LogP contribution in [0.15, 0.2) is 18.3 Å². The van der Waals surface area contributed by atoms with Crippen LogP contribution in [0.2, 0.25) is 5.15 Å². The van der Waals surface area contributed by atoms with Crippen LogP contribution in [0.5, 0.6) is 0 Å². The molecule has 0 aromatic carbocycles. The highest BCUT2D eigenvalue weighted by molar-refractivity contribution is 6.32. The molecule has 0 bridgehead atoms. The fourth-order valence-corrected chi connectivity index (χ4v) is 3.45. The van der Waals surface area contributed by atoms with Crippen molar-refractivity contribution in [3.63, 3.8) is 0 Å². The molecular formula is C15H22ClN3O. The van der Waals surface area contributed by atoms with Gasteiger partial charge in [0.25, 0.3) is 5.91 Å². The SMILES string of the molecule is CC1(C)CC(NC(=O)c2cccnc2Cl)CC(C)(C)N1. The third-order valence-corrected chi connectivity index (χ3v) is 3.83. The van der Waals surface area contributed by atoms with Crippen LogP contribution in [0.25, 0.3) is 0 Å². The average molecular weight is 296 g/mol. The molecule has 1 amide bonds. The van der Waals surface area contributed by atoms with Crippen molar-refractivity contribution in [3.8, 4) is 0 Å². The molecule has 0 aliphatic carbocycles. The topological polar surface area (TPSA) is 54.0 Å². The van der Waals surface area contributed by atoms with Gasteiger partial charge in [0.05, 0.1) is 5.56 Å². The maximum Gasteiger partial charge on any atom is 0.254 e. The Kier molecular flexibility index (Phi) is 4.07. The first-order valence-electron chi connectivity index (χ1n) is 6.89. The number of nitrogens with one attached hydrogen (secondary N) is 2. The number of halogens is 1. The molecule has 1 aliphatic heterocycles. The maximum atomic E-state index is 12.3. The Balaban J connectivity index is 2.10. The maximum absolute atomic E-state index is 12.3. The molecule has 0 saturated carbocycles. The molecule has 0 atom stereocenters. The summed E-state index contributed by atoms with van der Waals surface area (Å²) >= 11 is 5.96. The summed E-state index contributed by atoms with van der Waals surface area (Å²) in [6.45, 7) is 8.63. The number of piperidine rings is 1. The minimum absolute atomic E-state index is 0.00156. The molecule has 1 aromatic rings. The lowest BCUT2D eigenvalue weighted by atomic mass is 9.79. The summed E-state index contributed by atoms with van der Waals surface area (Å²) in [7, 11) is 0. The van der Waals surface area contributed by atoms with Crippen LogP contribution >= 0.6 is 11.6 Å². The van der Waals surface area contributed by atoms with Crippen molar-refractivity contribution in [2.24, 2.45) is 0 Å². The van der Waals surface area contributed by atoms with Gasteiger partial charge in [0, 0.05) is 23.3 Å². The Hall–Kier alpha value is -1.13. The molecule has 5 heteroatoms. The van der Waals surface area contributed by atoms with Crippen LogP contribution in [-0.4, -0.2) is 28.0 Å². The second-order valence-electron chi connectivity index (χ2n) is 6.81. The van der Waals surface area contributed by atoms with E-state index in [1.807, 2.05) is 0 Å². The number of pyridine rings is 1. The minimum Gasteiger partial charge on any atom is -0.349 e. The number of rotatable bonds is 2. The molecule has 0 spiro atoms. The van der Waals surface area contributed by atoms with E-state index in [1.54, 1.807) is 18.3 Å². The monoisotopic (exact) mass is 295 g/mol. The Labute approximate surface area is 125 Å². The third-order valence-electron chi connectivity index (χ3n) is 3.53. The van der Waals surface area contributed by atoms with Gasteiger partial charge in [-0.3, -0.25) is 4.79 Å². The van der Waals surface area contributed by atoms with Gasteiger partial charge in [-0.05, 0) is 52.7 Å². The summed E-state index contributed by atoms with van der Waals surface area (Å²) in [4.78, 5) is 16.2. The lowest BCUT2D eigenvalue weighted by Crippen LogP contribution is -2.62. The summed E-state index contributed by atoms with van der Waals surface area (Å²) in [6, 6.07) is 3.55. The molecular weight excluding hydrogens is 274 g/mol. The van der Waals surface area contributed by atoms with Crippen LogP contribution in [-0.2, 0) is 0 Å². The summed E-state index contributed by atoms with van der Waals surface area (Å²) in [5, 5.41) is 6.93. The van der Waals surface area contributed by atoms with Crippen molar-refractivity contribution in [3.05, 3.63) is 29.0 Å². The number of carbonyl (C=O) groups is 1. The third kappa shape index (κ3) is 3.70. The summed E-state index contributed by atoms with van der Waals surface area (Å²) in [5.74, 6) is -0.151. The molecule has 0 radical (unpaired) electrons. The van der Waals surface area contributed by atoms with Gasteiger partial charge < -0.3 is 10.6 Å². The first kappa shape index (κ1) is 15.3. The van der Waals surface area contributed by atoms with E-state index in [4.69, 9.17) is 11.6 Å². The zero-order valence-corrected chi connectivity index (χ0v) is 13.2. The fraction of sp³-hybridized carbons (Fsp3) is 0.600. The predicted octanol–water partition coefficient (Wildman–Crippen LogP) is 2.77. The van der Waals surface area contributed by atoms with Crippen LogP contribution < -0.4 is 10.6 Å². The number of amides is 1. The van der Waals surface area contributed by atoms with E-state index in [0.29, 0.717) is 5.56 Å². The number of aromatic nitrogens is 1. The van der Waals surface area contributed by atoms with Crippen molar-refractivity contribution >= 4 is 17.5 Å². The molecule has 0 unspecified atom stereocenters. The van der Waals surface area contributed by atoms with Crippen LogP contribution in [0, 0.1) is 0 Å². The van der Waals surface area contributed by atoms with Crippen molar-refractivity contribution in [1.82, 2.24) is 15.6 Å².